The van der Waals surface area contributed by atoms with Crippen molar-refractivity contribution in [3.05, 3.63) is 41.5 Å². The highest BCUT2D eigenvalue weighted by Crippen LogP contribution is 2.55. The van der Waals surface area contributed by atoms with Crippen LogP contribution in [-0.2, 0) is 20.7 Å². The van der Waals surface area contributed by atoms with Gasteiger partial charge >= 0.3 is 5.97 Å². The van der Waals surface area contributed by atoms with Gasteiger partial charge < -0.3 is 9.47 Å². The third-order valence-electron chi connectivity index (χ3n) is 6.00. The van der Waals surface area contributed by atoms with Gasteiger partial charge in [-0.2, -0.15) is 0 Å². The van der Waals surface area contributed by atoms with E-state index in [1.807, 2.05) is 18.2 Å². The van der Waals surface area contributed by atoms with Crippen LogP contribution >= 0.6 is 0 Å². The predicted molar refractivity (Wildman–Crippen MR) is 90.4 cm³/mol. The van der Waals surface area contributed by atoms with Gasteiger partial charge in [-0.15, -0.1) is 0 Å². The molecule has 0 N–H and O–H groups in total. The van der Waals surface area contributed by atoms with E-state index in [0.29, 0.717) is 18.4 Å². The number of rotatable bonds is 3. The molecule has 1 unspecified atom stereocenters. The first-order valence-corrected chi connectivity index (χ1v) is 8.88. The van der Waals surface area contributed by atoms with E-state index in [1.54, 1.807) is 0 Å². The summed E-state index contributed by atoms with van der Waals surface area (Å²) in [5, 5.41) is 0. The lowest BCUT2D eigenvalue weighted by Crippen LogP contribution is -2.47. The fraction of sp³-hybridized carbons (Fsp3) is 0.500. The number of allylic oxidation sites excluding steroid dienone is 1. The number of fused-ring (bicyclic) bond motifs is 1. The number of ether oxygens (including phenoxy) is 2. The molecule has 0 amide bonds. The Morgan fingerprint density at radius 3 is 3.08 bits per heavy atom. The van der Waals surface area contributed by atoms with Crippen molar-refractivity contribution in [1.82, 2.24) is 0 Å². The topological polar surface area (TPSA) is 47.9 Å². The number of carbonyl (C=O) groups is 1. The molecule has 5 rings (SSSR count). The van der Waals surface area contributed by atoms with Crippen molar-refractivity contribution >= 4 is 17.4 Å². The summed E-state index contributed by atoms with van der Waals surface area (Å²) in [4.78, 5) is 17.0. The number of aliphatic imine (C=N–C) groups is 1. The fourth-order valence-electron chi connectivity index (χ4n) is 5.00. The maximum atomic E-state index is 12.3. The second kappa shape index (κ2) is 5.03. The van der Waals surface area contributed by atoms with Crippen molar-refractivity contribution in [2.75, 3.05) is 6.61 Å². The normalized spacial score (nSPS) is 36.0. The third kappa shape index (κ3) is 1.89. The highest BCUT2D eigenvalue weighted by Gasteiger charge is 2.63. The van der Waals surface area contributed by atoms with E-state index >= 15 is 0 Å². The summed E-state index contributed by atoms with van der Waals surface area (Å²) in [5.74, 6) is 0.625. The van der Waals surface area contributed by atoms with Crippen LogP contribution in [0.4, 0.5) is 5.69 Å². The molecule has 2 aliphatic heterocycles. The number of benzene rings is 1. The molecule has 1 saturated carbocycles. The molecule has 1 saturated heterocycles. The first kappa shape index (κ1) is 14.4. The number of hydrogen-bond acceptors (Lipinski definition) is 4. The molecule has 4 heteroatoms. The van der Waals surface area contributed by atoms with Gasteiger partial charge in [0.25, 0.3) is 0 Å². The first-order valence-electron chi connectivity index (χ1n) is 8.88. The number of hydrogen-bond donors (Lipinski definition) is 0. The zero-order chi connectivity index (χ0) is 16.3. The van der Waals surface area contributed by atoms with Gasteiger partial charge in [0.15, 0.2) is 0 Å². The van der Waals surface area contributed by atoms with Crippen molar-refractivity contribution in [3.8, 4) is 0 Å². The standard InChI is InChI=1S/C20H21NO3/c1-12-8-14-6-7-18-20(14,16(9-12)19(22)24-18)23-11-15-10-13-4-2-3-5-17(13)21-15/h2-5,9,12,14,18H,6-8,10-11H2,1H3/t12-,14?,18+,20-/m0/s1. The summed E-state index contributed by atoms with van der Waals surface area (Å²) in [6.07, 6.45) is 5.86. The molecule has 2 aliphatic carbocycles. The maximum absolute atomic E-state index is 12.3. The van der Waals surface area contributed by atoms with Crippen LogP contribution in [0, 0.1) is 11.8 Å². The smallest absolute Gasteiger partial charge is 0.337 e. The monoisotopic (exact) mass is 323 g/mol. The molecule has 0 radical (unpaired) electrons. The molecule has 1 aromatic carbocycles. The lowest BCUT2D eigenvalue weighted by Gasteiger charge is -2.38. The zero-order valence-corrected chi connectivity index (χ0v) is 13.8. The molecular formula is C20H21NO3. The van der Waals surface area contributed by atoms with Gasteiger partial charge in [-0.25, -0.2) is 4.79 Å². The molecule has 4 atom stereocenters. The van der Waals surface area contributed by atoms with Gasteiger partial charge in [0, 0.05) is 12.1 Å². The lowest BCUT2D eigenvalue weighted by atomic mass is 9.73. The maximum Gasteiger partial charge on any atom is 0.337 e. The molecule has 4 aliphatic rings. The Balaban J connectivity index is 1.42. The molecule has 2 fully saturated rings. The van der Waals surface area contributed by atoms with Crippen LogP contribution < -0.4 is 0 Å². The number of carbonyl (C=O) groups excluding carboxylic acids is 1. The van der Waals surface area contributed by atoms with Crippen LogP contribution in [0.3, 0.4) is 0 Å². The van der Waals surface area contributed by atoms with Gasteiger partial charge in [0.1, 0.15) is 11.7 Å². The number of nitrogens with zero attached hydrogens (tertiary/aromatic N) is 1. The Bertz CT molecular complexity index is 781. The molecular weight excluding hydrogens is 302 g/mol. The van der Waals surface area contributed by atoms with Crippen LogP contribution in [0.2, 0.25) is 0 Å². The highest BCUT2D eigenvalue weighted by molar-refractivity contribution is 5.96. The van der Waals surface area contributed by atoms with E-state index < -0.39 is 5.60 Å². The summed E-state index contributed by atoms with van der Waals surface area (Å²) in [6, 6.07) is 8.21. The molecule has 24 heavy (non-hydrogen) atoms. The average molecular weight is 323 g/mol. The van der Waals surface area contributed by atoms with Gasteiger partial charge in [-0.05, 0) is 42.7 Å². The summed E-state index contributed by atoms with van der Waals surface area (Å²) >= 11 is 0. The SMILES string of the molecule is C[C@@H]1C=C2C(=O)O[C@@H]3CCC(C1)[C@]23OCC1=Nc2ccccc2C1. The Morgan fingerprint density at radius 2 is 2.21 bits per heavy atom. The van der Waals surface area contributed by atoms with Crippen molar-refractivity contribution < 1.29 is 14.3 Å². The van der Waals surface area contributed by atoms with E-state index in [4.69, 9.17) is 14.5 Å². The molecule has 2 heterocycles. The van der Waals surface area contributed by atoms with Crippen molar-refractivity contribution in [3.63, 3.8) is 0 Å². The van der Waals surface area contributed by atoms with Crippen LogP contribution in [0.25, 0.3) is 0 Å². The van der Waals surface area contributed by atoms with E-state index in [1.165, 1.54) is 5.56 Å². The third-order valence-corrected chi connectivity index (χ3v) is 6.00. The molecule has 0 spiro atoms. The molecule has 0 bridgehead atoms. The second-order valence-electron chi connectivity index (χ2n) is 7.53. The Hall–Kier alpha value is -1.94. The minimum absolute atomic E-state index is 0.113. The van der Waals surface area contributed by atoms with E-state index in [-0.39, 0.29) is 12.1 Å². The largest absolute Gasteiger partial charge is 0.455 e. The van der Waals surface area contributed by atoms with Crippen molar-refractivity contribution in [2.45, 2.75) is 44.3 Å². The van der Waals surface area contributed by atoms with Crippen LogP contribution in [-0.4, -0.2) is 30.0 Å². The minimum atomic E-state index is -0.527. The molecule has 124 valence electrons. The van der Waals surface area contributed by atoms with E-state index in [0.717, 1.165) is 42.7 Å². The number of para-hydroxylation sites is 1. The minimum Gasteiger partial charge on any atom is -0.455 e. The fourth-order valence-corrected chi connectivity index (χ4v) is 5.00. The Kier molecular flexibility index (Phi) is 3.02. The molecule has 4 nitrogen and oxygen atoms in total. The Morgan fingerprint density at radius 1 is 1.33 bits per heavy atom. The summed E-state index contributed by atoms with van der Waals surface area (Å²) < 4.78 is 12.1. The van der Waals surface area contributed by atoms with E-state index in [9.17, 15) is 4.79 Å². The molecule has 0 aromatic heterocycles. The van der Waals surface area contributed by atoms with Crippen molar-refractivity contribution in [1.29, 1.82) is 0 Å². The van der Waals surface area contributed by atoms with E-state index in [2.05, 4.69) is 19.1 Å². The van der Waals surface area contributed by atoms with Gasteiger partial charge in [0.2, 0.25) is 0 Å². The van der Waals surface area contributed by atoms with Crippen molar-refractivity contribution in [2.24, 2.45) is 16.8 Å². The summed E-state index contributed by atoms with van der Waals surface area (Å²) in [6.45, 7) is 2.65. The Labute approximate surface area is 141 Å². The first-order chi connectivity index (χ1) is 11.7. The van der Waals surface area contributed by atoms with Gasteiger partial charge in [-0.1, -0.05) is 31.2 Å². The quantitative estimate of drug-likeness (QED) is 0.801. The predicted octanol–water partition coefficient (Wildman–Crippen LogP) is 3.37. The van der Waals surface area contributed by atoms with Gasteiger partial charge in [0.05, 0.1) is 17.9 Å². The highest BCUT2D eigenvalue weighted by atomic mass is 16.6. The van der Waals surface area contributed by atoms with Crippen LogP contribution in [0.1, 0.15) is 31.7 Å². The summed E-state index contributed by atoms with van der Waals surface area (Å²) in [7, 11) is 0. The van der Waals surface area contributed by atoms with Gasteiger partial charge in [-0.3, -0.25) is 4.99 Å². The van der Waals surface area contributed by atoms with Crippen LogP contribution in [0.5, 0.6) is 0 Å². The lowest BCUT2D eigenvalue weighted by molar-refractivity contribution is -0.141. The molecule has 1 aromatic rings. The second-order valence-corrected chi connectivity index (χ2v) is 7.53. The van der Waals surface area contributed by atoms with Crippen LogP contribution in [0.15, 0.2) is 40.9 Å². The average Bonchev–Trinajstić information content (AvgIpc) is 3.21. The number of esters is 1. The zero-order valence-electron chi connectivity index (χ0n) is 13.8. The summed E-state index contributed by atoms with van der Waals surface area (Å²) in [5.41, 5.74) is 3.58.